The zero-order valence-corrected chi connectivity index (χ0v) is 16.4. The number of benzene rings is 2. The van der Waals surface area contributed by atoms with Crippen molar-refractivity contribution in [3.05, 3.63) is 57.5 Å². The molecule has 2 aromatic carbocycles. The quantitative estimate of drug-likeness (QED) is 0.555. The van der Waals surface area contributed by atoms with Crippen molar-refractivity contribution in [1.82, 2.24) is 15.2 Å². The van der Waals surface area contributed by atoms with Gasteiger partial charge in [-0.3, -0.25) is 9.89 Å². The molecule has 2 N–H and O–H groups in total. The molecule has 1 aromatic heterocycles. The smallest absolute Gasteiger partial charge is 0.234 e. The second kappa shape index (κ2) is 8.03. The van der Waals surface area contributed by atoms with Crippen LogP contribution in [0.15, 0.2) is 52.1 Å². The first kappa shape index (κ1) is 18.0. The van der Waals surface area contributed by atoms with Gasteiger partial charge in [0.25, 0.3) is 0 Å². The standard InChI is InChI=1S/C17H14BrClN4OS/c1-10-2-7-13(8-14(10)18)20-15(24)9-25-17-21-16(22-23-17)11-3-5-12(19)6-4-11/h2-8H,9H2,1H3,(H,20,24)(H,21,22,23). The minimum absolute atomic E-state index is 0.112. The molecule has 1 heterocycles. The summed E-state index contributed by atoms with van der Waals surface area (Å²) in [4.78, 5) is 16.4. The van der Waals surface area contributed by atoms with E-state index in [0.29, 0.717) is 16.0 Å². The summed E-state index contributed by atoms with van der Waals surface area (Å²) in [6.45, 7) is 1.99. The molecular formula is C17H14BrClN4OS. The molecule has 0 spiro atoms. The highest BCUT2D eigenvalue weighted by Crippen LogP contribution is 2.22. The monoisotopic (exact) mass is 436 g/mol. The summed E-state index contributed by atoms with van der Waals surface area (Å²) in [5.41, 5.74) is 2.75. The van der Waals surface area contributed by atoms with Crippen molar-refractivity contribution in [3.8, 4) is 11.4 Å². The van der Waals surface area contributed by atoms with Crippen molar-refractivity contribution in [2.24, 2.45) is 0 Å². The Labute approximate surface area is 162 Å². The van der Waals surface area contributed by atoms with Crippen LogP contribution in [0, 0.1) is 6.92 Å². The molecule has 0 saturated carbocycles. The molecule has 1 amide bonds. The molecule has 5 nitrogen and oxygen atoms in total. The molecule has 0 aliphatic heterocycles. The van der Waals surface area contributed by atoms with E-state index in [4.69, 9.17) is 11.6 Å². The minimum atomic E-state index is -0.112. The Morgan fingerprint density at radius 2 is 2.04 bits per heavy atom. The van der Waals surface area contributed by atoms with E-state index in [9.17, 15) is 4.79 Å². The van der Waals surface area contributed by atoms with E-state index in [1.807, 2.05) is 37.3 Å². The first-order valence-electron chi connectivity index (χ1n) is 7.38. The Hall–Kier alpha value is -1.83. The third kappa shape index (κ3) is 4.84. The number of carbonyl (C=O) groups excluding carboxylic acids is 1. The summed E-state index contributed by atoms with van der Waals surface area (Å²) in [5.74, 6) is 0.754. The SMILES string of the molecule is Cc1ccc(NC(=O)CSc2n[nH]c(-c3ccc(Cl)cc3)n2)cc1Br. The van der Waals surface area contributed by atoms with E-state index >= 15 is 0 Å². The third-order valence-corrected chi connectivity index (χ3v) is 5.32. The summed E-state index contributed by atoms with van der Waals surface area (Å²) < 4.78 is 0.958. The molecule has 0 aliphatic carbocycles. The molecule has 25 heavy (non-hydrogen) atoms. The second-order valence-electron chi connectivity index (χ2n) is 5.27. The number of aryl methyl sites for hydroxylation is 1. The average molecular weight is 438 g/mol. The highest BCUT2D eigenvalue weighted by atomic mass is 79.9. The fraction of sp³-hybridized carbons (Fsp3) is 0.118. The Morgan fingerprint density at radius 1 is 1.28 bits per heavy atom. The van der Waals surface area contributed by atoms with Crippen LogP contribution in [0.1, 0.15) is 5.56 Å². The first-order valence-corrected chi connectivity index (χ1v) is 9.54. The van der Waals surface area contributed by atoms with Crippen LogP contribution < -0.4 is 5.32 Å². The van der Waals surface area contributed by atoms with Crippen LogP contribution in [-0.4, -0.2) is 26.8 Å². The Bertz CT molecular complexity index is 898. The number of halogens is 2. The van der Waals surface area contributed by atoms with Gasteiger partial charge in [-0.15, -0.1) is 5.10 Å². The lowest BCUT2D eigenvalue weighted by molar-refractivity contribution is -0.113. The van der Waals surface area contributed by atoms with Gasteiger partial charge in [0, 0.05) is 20.7 Å². The normalized spacial score (nSPS) is 10.7. The molecule has 0 unspecified atom stereocenters. The van der Waals surface area contributed by atoms with Gasteiger partial charge in [0.2, 0.25) is 11.1 Å². The summed E-state index contributed by atoms with van der Waals surface area (Å²) in [6.07, 6.45) is 0. The predicted octanol–water partition coefficient (Wildman–Crippen LogP) is 4.93. The number of rotatable bonds is 5. The Morgan fingerprint density at radius 3 is 2.76 bits per heavy atom. The largest absolute Gasteiger partial charge is 0.325 e. The molecule has 0 bridgehead atoms. The van der Waals surface area contributed by atoms with Crippen molar-refractivity contribution in [2.45, 2.75) is 12.1 Å². The number of thioether (sulfide) groups is 1. The van der Waals surface area contributed by atoms with E-state index in [-0.39, 0.29) is 11.7 Å². The molecular weight excluding hydrogens is 424 g/mol. The summed E-state index contributed by atoms with van der Waals surface area (Å²) >= 11 is 10.6. The van der Waals surface area contributed by atoms with Gasteiger partial charge in [-0.25, -0.2) is 4.98 Å². The number of hydrogen-bond donors (Lipinski definition) is 2. The van der Waals surface area contributed by atoms with E-state index in [1.54, 1.807) is 12.1 Å². The van der Waals surface area contributed by atoms with E-state index in [2.05, 4.69) is 36.4 Å². The Balaban J connectivity index is 1.57. The number of nitrogens with zero attached hydrogens (tertiary/aromatic N) is 2. The van der Waals surface area contributed by atoms with Crippen LogP contribution >= 0.6 is 39.3 Å². The molecule has 128 valence electrons. The first-order chi connectivity index (χ1) is 12.0. The fourth-order valence-corrected chi connectivity index (χ4v) is 3.15. The van der Waals surface area contributed by atoms with Crippen molar-refractivity contribution in [2.75, 3.05) is 11.1 Å². The van der Waals surface area contributed by atoms with Crippen molar-refractivity contribution in [3.63, 3.8) is 0 Å². The number of H-pyrrole nitrogens is 1. The number of aromatic nitrogens is 3. The molecule has 0 saturated heterocycles. The maximum atomic E-state index is 12.1. The molecule has 0 radical (unpaired) electrons. The zero-order chi connectivity index (χ0) is 17.8. The number of aromatic amines is 1. The van der Waals surface area contributed by atoms with Crippen LogP contribution in [0.5, 0.6) is 0 Å². The summed E-state index contributed by atoms with van der Waals surface area (Å²) in [7, 11) is 0. The van der Waals surface area contributed by atoms with Crippen molar-refractivity contribution in [1.29, 1.82) is 0 Å². The van der Waals surface area contributed by atoms with Gasteiger partial charge >= 0.3 is 0 Å². The van der Waals surface area contributed by atoms with Gasteiger partial charge < -0.3 is 5.32 Å². The lowest BCUT2D eigenvalue weighted by Gasteiger charge is -2.06. The maximum absolute atomic E-state index is 12.1. The van der Waals surface area contributed by atoms with Crippen LogP contribution in [0.3, 0.4) is 0 Å². The van der Waals surface area contributed by atoms with Crippen LogP contribution in [0.2, 0.25) is 5.02 Å². The van der Waals surface area contributed by atoms with E-state index in [1.165, 1.54) is 11.8 Å². The van der Waals surface area contributed by atoms with Crippen LogP contribution in [-0.2, 0) is 4.79 Å². The number of carbonyl (C=O) groups is 1. The van der Waals surface area contributed by atoms with Gasteiger partial charge in [0.05, 0.1) is 5.75 Å². The molecule has 0 atom stereocenters. The lowest BCUT2D eigenvalue weighted by atomic mass is 10.2. The number of nitrogens with one attached hydrogen (secondary N) is 2. The molecule has 0 fully saturated rings. The molecule has 3 rings (SSSR count). The van der Waals surface area contributed by atoms with Gasteiger partial charge in [-0.05, 0) is 48.9 Å². The highest BCUT2D eigenvalue weighted by molar-refractivity contribution is 9.10. The summed E-state index contributed by atoms with van der Waals surface area (Å²) in [6, 6.07) is 13.0. The van der Waals surface area contributed by atoms with Gasteiger partial charge in [-0.2, -0.15) is 0 Å². The third-order valence-electron chi connectivity index (χ3n) is 3.37. The highest BCUT2D eigenvalue weighted by Gasteiger charge is 2.10. The predicted molar refractivity (Wildman–Crippen MR) is 105 cm³/mol. The van der Waals surface area contributed by atoms with Crippen LogP contribution in [0.25, 0.3) is 11.4 Å². The van der Waals surface area contributed by atoms with Crippen LogP contribution in [0.4, 0.5) is 5.69 Å². The van der Waals surface area contributed by atoms with Gasteiger partial charge in [-0.1, -0.05) is 45.4 Å². The Kier molecular flexibility index (Phi) is 5.78. The molecule has 0 aliphatic rings. The minimum Gasteiger partial charge on any atom is -0.325 e. The fourth-order valence-electron chi connectivity index (χ4n) is 2.05. The maximum Gasteiger partial charge on any atom is 0.234 e. The van der Waals surface area contributed by atoms with Crippen molar-refractivity contribution < 1.29 is 4.79 Å². The second-order valence-corrected chi connectivity index (χ2v) is 7.51. The molecule has 3 aromatic rings. The van der Waals surface area contributed by atoms with Gasteiger partial charge in [0.1, 0.15) is 0 Å². The topological polar surface area (TPSA) is 70.7 Å². The van der Waals surface area contributed by atoms with E-state index in [0.717, 1.165) is 21.3 Å². The zero-order valence-electron chi connectivity index (χ0n) is 13.2. The van der Waals surface area contributed by atoms with Gasteiger partial charge in [0.15, 0.2) is 5.82 Å². The number of anilines is 1. The summed E-state index contributed by atoms with van der Waals surface area (Å²) in [5, 5.41) is 11.0. The van der Waals surface area contributed by atoms with E-state index < -0.39 is 0 Å². The number of amides is 1. The van der Waals surface area contributed by atoms with Crippen molar-refractivity contribution >= 4 is 50.9 Å². The average Bonchev–Trinajstić information content (AvgIpc) is 3.06. The lowest BCUT2D eigenvalue weighted by Crippen LogP contribution is -2.14. The molecule has 8 heteroatoms. The number of hydrogen-bond acceptors (Lipinski definition) is 4.